The van der Waals surface area contributed by atoms with Gasteiger partial charge < -0.3 is 0 Å². The molecule has 0 atom stereocenters. The first-order valence-electron chi connectivity index (χ1n) is 9.34. The van der Waals surface area contributed by atoms with Crippen molar-refractivity contribution in [1.29, 1.82) is 0 Å². The summed E-state index contributed by atoms with van der Waals surface area (Å²) in [5, 5.41) is 13.7. The number of non-ortho nitro benzene ring substituents is 1. The second kappa shape index (κ2) is 5.98. The lowest BCUT2D eigenvalue weighted by atomic mass is 9.49. The topological polar surface area (TPSA) is 68.4 Å². The van der Waals surface area contributed by atoms with Crippen LogP contribution in [0.3, 0.4) is 0 Å². The number of hydrogen-bond acceptors (Lipinski definition) is 5. The fourth-order valence-corrected chi connectivity index (χ4v) is 6.59. The van der Waals surface area contributed by atoms with Crippen molar-refractivity contribution in [3.63, 3.8) is 0 Å². The Morgan fingerprint density at radius 1 is 1.12 bits per heavy atom. The zero-order chi connectivity index (χ0) is 17.7. The highest BCUT2D eigenvalue weighted by molar-refractivity contribution is 7.13. The average Bonchev–Trinajstić information content (AvgIpc) is 3.09. The first-order chi connectivity index (χ1) is 12.6. The number of hydrogen-bond donors (Lipinski definition) is 0. The van der Waals surface area contributed by atoms with Crippen molar-refractivity contribution in [3.05, 3.63) is 51.0 Å². The van der Waals surface area contributed by atoms with Crippen LogP contribution in [-0.4, -0.2) is 16.1 Å². The Balaban J connectivity index is 1.35. The van der Waals surface area contributed by atoms with Gasteiger partial charge in [0.15, 0.2) is 0 Å². The molecular formula is C20H21N3O2S. The predicted molar refractivity (Wildman–Crippen MR) is 102 cm³/mol. The van der Waals surface area contributed by atoms with Gasteiger partial charge in [-0.05, 0) is 74.0 Å². The molecule has 4 saturated carbocycles. The van der Waals surface area contributed by atoms with E-state index in [2.05, 4.69) is 10.4 Å². The van der Waals surface area contributed by atoms with E-state index in [4.69, 9.17) is 4.98 Å². The van der Waals surface area contributed by atoms with Crippen molar-refractivity contribution >= 4 is 28.4 Å². The molecule has 0 N–H and O–H groups in total. The summed E-state index contributed by atoms with van der Waals surface area (Å²) in [6.07, 6.45) is 10.0. The highest BCUT2D eigenvalue weighted by atomic mass is 32.1. The lowest BCUT2D eigenvalue weighted by Crippen LogP contribution is -2.48. The number of aromatic nitrogens is 1. The van der Waals surface area contributed by atoms with E-state index in [1.807, 2.05) is 0 Å². The van der Waals surface area contributed by atoms with Crippen LogP contribution in [0.15, 0.2) is 34.6 Å². The highest BCUT2D eigenvalue weighted by Crippen LogP contribution is 2.60. The van der Waals surface area contributed by atoms with Crippen LogP contribution in [0, 0.1) is 27.9 Å². The van der Waals surface area contributed by atoms with Gasteiger partial charge in [-0.15, -0.1) is 11.3 Å². The maximum Gasteiger partial charge on any atom is 0.269 e. The largest absolute Gasteiger partial charge is 0.269 e. The summed E-state index contributed by atoms with van der Waals surface area (Å²) >= 11 is 1.61. The molecule has 6 heteroatoms. The Kier molecular flexibility index (Phi) is 3.71. The van der Waals surface area contributed by atoms with Crippen LogP contribution in [0.1, 0.15) is 49.8 Å². The zero-order valence-electron chi connectivity index (χ0n) is 14.5. The maximum absolute atomic E-state index is 10.7. The monoisotopic (exact) mass is 367 g/mol. The number of nitro benzene ring substituents is 1. The maximum atomic E-state index is 10.7. The summed E-state index contributed by atoms with van der Waals surface area (Å²) in [6, 6.07) is 6.44. The second-order valence-corrected chi connectivity index (χ2v) is 9.16. The van der Waals surface area contributed by atoms with Gasteiger partial charge in [-0.25, -0.2) is 9.98 Å². The number of rotatable bonds is 4. The standard InChI is InChI=1S/C20H21N3O2S/c24-23(25)17-3-1-13(2-4-17)11-21-19-22-18(12-26-19)20-8-14-5-15(9-20)7-16(6-14)10-20/h1-4,11-12,14-16H,5-10H2/b21-11+. The number of benzene rings is 1. The Bertz CT molecular complexity index is 836. The van der Waals surface area contributed by atoms with Gasteiger partial charge in [0.25, 0.3) is 5.69 Å². The van der Waals surface area contributed by atoms with Crippen LogP contribution < -0.4 is 0 Å². The molecule has 1 aromatic carbocycles. The van der Waals surface area contributed by atoms with E-state index in [0.717, 1.165) is 28.4 Å². The Labute approximate surface area is 156 Å². The molecule has 1 aromatic heterocycles. The minimum Gasteiger partial charge on any atom is -0.258 e. The van der Waals surface area contributed by atoms with Crippen LogP contribution in [0.5, 0.6) is 0 Å². The molecule has 0 aliphatic heterocycles. The summed E-state index contributed by atoms with van der Waals surface area (Å²) in [4.78, 5) is 19.7. The van der Waals surface area contributed by atoms with Crippen molar-refractivity contribution in [1.82, 2.24) is 4.98 Å². The fourth-order valence-electron chi connectivity index (χ4n) is 5.80. The molecule has 0 radical (unpaired) electrons. The summed E-state index contributed by atoms with van der Waals surface area (Å²) < 4.78 is 0. The second-order valence-electron chi connectivity index (χ2n) is 8.32. The van der Waals surface area contributed by atoms with Gasteiger partial charge in [0.05, 0.1) is 10.6 Å². The van der Waals surface area contributed by atoms with E-state index < -0.39 is 0 Å². The molecular weight excluding hydrogens is 346 g/mol. The molecule has 5 nitrogen and oxygen atoms in total. The van der Waals surface area contributed by atoms with Crippen molar-refractivity contribution in [3.8, 4) is 0 Å². The molecule has 1 heterocycles. The van der Waals surface area contributed by atoms with Crippen LogP contribution >= 0.6 is 11.3 Å². The van der Waals surface area contributed by atoms with E-state index in [1.165, 1.54) is 56.4 Å². The molecule has 0 unspecified atom stereocenters. The molecule has 4 bridgehead atoms. The summed E-state index contributed by atoms with van der Waals surface area (Å²) in [6.45, 7) is 0. The Morgan fingerprint density at radius 3 is 2.31 bits per heavy atom. The van der Waals surface area contributed by atoms with E-state index in [1.54, 1.807) is 29.7 Å². The van der Waals surface area contributed by atoms with Crippen molar-refractivity contribution in [2.45, 2.75) is 43.9 Å². The summed E-state index contributed by atoms with van der Waals surface area (Å²) in [5.74, 6) is 2.74. The van der Waals surface area contributed by atoms with Crippen molar-refractivity contribution in [2.75, 3.05) is 0 Å². The molecule has 6 rings (SSSR count). The van der Waals surface area contributed by atoms with E-state index in [0.29, 0.717) is 5.41 Å². The van der Waals surface area contributed by atoms with E-state index in [9.17, 15) is 10.1 Å². The lowest BCUT2D eigenvalue weighted by molar-refractivity contribution is -0.384. The van der Waals surface area contributed by atoms with Crippen LogP contribution in [0.4, 0.5) is 10.8 Å². The van der Waals surface area contributed by atoms with Crippen LogP contribution in [0.25, 0.3) is 0 Å². The SMILES string of the molecule is O=[N+]([O-])c1ccc(/C=N/c2nc(C34CC5CC(CC(C5)C3)C4)cs2)cc1. The minimum atomic E-state index is -0.389. The molecule has 0 amide bonds. The van der Waals surface area contributed by atoms with Crippen LogP contribution in [-0.2, 0) is 5.41 Å². The molecule has 0 spiro atoms. The lowest BCUT2D eigenvalue weighted by Gasteiger charge is -2.56. The molecule has 4 aliphatic rings. The molecule has 4 aliphatic carbocycles. The third-order valence-electron chi connectivity index (χ3n) is 6.50. The minimum absolute atomic E-state index is 0.0977. The number of nitrogens with zero attached hydrogens (tertiary/aromatic N) is 3. The summed E-state index contributed by atoms with van der Waals surface area (Å²) in [5.41, 5.74) is 2.52. The smallest absolute Gasteiger partial charge is 0.258 e. The van der Waals surface area contributed by atoms with Gasteiger partial charge >= 0.3 is 0 Å². The predicted octanol–water partition coefficient (Wildman–Crippen LogP) is 5.27. The van der Waals surface area contributed by atoms with Gasteiger partial charge in [-0.3, -0.25) is 10.1 Å². The van der Waals surface area contributed by atoms with Gasteiger partial charge in [0, 0.05) is 29.1 Å². The number of nitro groups is 1. The molecule has 4 fully saturated rings. The molecule has 0 saturated heterocycles. The summed E-state index contributed by atoms with van der Waals surface area (Å²) in [7, 11) is 0. The van der Waals surface area contributed by atoms with Crippen molar-refractivity contribution in [2.24, 2.45) is 22.7 Å². The number of aliphatic imine (C=N–C) groups is 1. The highest BCUT2D eigenvalue weighted by Gasteiger charge is 2.52. The first kappa shape index (κ1) is 16.1. The fraction of sp³-hybridized carbons (Fsp3) is 0.500. The molecule has 134 valence electrons. The van der Waals surface area contributed by atoms with Crippen molar-refractivity contribution < 1.29 is 4.92 Å². The third-order valence-corrected chi connectivity index (χ3v) is 7.25. The Morgan fingerprint density at radius 2 is 1.73 bits per heavy atom. The first-order valence-corrected chi connectivity index (χ1v) is 10.2. The molecule has 2 aromatic rings. The molecule has 26 heavy (non-hydrogen) atoms. The zero-order valence-corrected chi connectivity index (χ0v) is 15.3. The normalized spacial score (nSPS) is 32.4. The van der Waals surface area contributed by atoms with Crippen LogP contribution in [0.2, 0.25) is 0 Å². The van der Waals surface area contributed by atoms with Gasteiger partial charge in [-0.2, -0.15) is 0 Å². The van der Waals surface area contributed by atoms with Gasteiger partial charge in [0.2, 0.25) is 5.13 Å². The number of thiazole rings is 1. The third kappa shape index (κ3) is 2.76. The van der Waals surface area contributed by atoms with Gasteiger partial charge in [-0.1, -0.05) is 0 Å². The van der Waals surface area contributed by atoms with E-state index >= 15 is 0 Å². The van der Waals surface area contributed by atoms with E-state index in [-0.39, 0.29) is 10.6 Å². The van der Waals surface area contributed by atoms with Gasteiger partial charge in [0.1, 0.15) is 0 Å². The Hall–Kier alpha value is -2.08. The average molecular weight is 367 g/mol. The quantitative estimate of drug-likeness (QED) is 0.420.